The van der Waals surface area contributed by atoms with Crippen LogP contribution in [0.3, 0.4) is 0 Å². The highest BCUT2D eigenvalue weighted by Gasteiger charge is 2.20. The van der Waals surface area contributed by atoms with E-state index in [9.17, 15) is 4.79 Å². The molecule has 9 heteroatoms. The number of fused-ring (bicyclic) bond motifs is 1. The molecule has 0 bridgehead atoms. The van der Waals surface area contributed by atoms with Crippen LogP contribution in [-0.2, 0) is 12.0 Å². The Hall–Kier alpha value is -3.33. The van der Waals surface area contributed by atoms with E-state index in [1.165, 1.54) is 0 Å². The number of hydrogen-bond donors (Lipinski definition) is 2. The molecule has 4 rings (SSSR count). The topological polar surface area (TPSA) is 97.3 Å². The lowest BCUT2D eigenvalue weighted by Crippen LogP contribution is -2.28. The summed E-state index contributed by atoms with van der Waals surface area (Å²) in [5, 5.41) is 18.1. The molecule has 0 saturated carbocycles. The smallest absolute Gasteiger partial charge is 0.320 e. The molecule has 0 saturated heterocycles. The van der Waals surface area contributed by atoms with E-state index in [0.717, 1.165) is 26.8 Å². The van der Waals surface area contributed by atoms with Gasteiger partial charge in [-0.2, -0.15) is 0 Å². The SMILES string of the molecule is CC(C)c1nnc2ccc(Sc3ccccc3CNC(=O)Nc3cc(C(C)(C)C)on3)cn12. The molecule has 1 aromatic carbocycles. The third-order valence-electron chi connectivity index (χ3n) is 5.05. The first-order chi connectivity index (χ1) is 15.7. The van der Waals surface area contributed by atoms with E-state index in [4.69, 9.17) is 4.52 Å². The predicted molar refractivity (Wildman–Crippen MR) is 129 cm³/mol. The monoisotopic (exact) mass is 464 g/mol. The number of carbonyl (C=O) groups is 1. The van der Waals surface area contributed by atoms with E-state index in [1.54, 1.807) is 17.8 Å². The van der Waals surface area contributed by atoms with Crippen LogP contribution in [0.5, 0.6) is 0 Å². The molecule has 0 atom stereocenters. The van der Waals surface area contributed by atoms with E-state index in [1.807, 2.05) is 61.6 Å². The highest BCUT2D eigenvalue weighted by atomic mass is 32.2. The average molecular weight is 465 g/mol. The second-order valence-electron chi connectivity index (χ2n) is 9.15. The standard InChI is InChI=1S/C24H28N6O2S/c1-15(2)22-28-27-21-11-10-17(14-30(21)22)33-18-9-7-6-8-16(18)13-25-23(31)26-20-12-19(32-29-20)24(3,4)5/h6-12,14-15H,13H2,1-5H3,(H2,25,26,29,31). The minimum Gasteiger partial charge on any atom is -0.359 e. The Balaban J connectivity index is 1.43. The van der Waals surface area contributed by atoms with Gasteiger partial charge >= 0.3 is 6.03 Å². The van der Waals surface area contributed by atoms with Crippen molar-refractivity contribution in [1.29, 1.82) is 0 Å². The van der Waals surface area contributed by atoms with Crippen molar-refractivity contribution in [1.82, 2.24) is 25.1 Å². The molecule has 0 spiro atoms. The van der Waals surface area contributed by atoms with Gasteiger partial charge in [-0.1, -0.05) is 69.7 Å². The Labute approximate surface area is 197 Å². The van der Waals surface area contributed by atoms with Crippen molar-refractivity contribution in [2.45, 2.75) is 62.3 Å². The number of anilines is 1. The van der Waals surface area contributed by atoms with Crippen molar-refractivity contribution in [3.8, 4) is 0 Å². The number of nitrogens with zero attached hydrogens (tertiary/aromatic N) is 4. The Morgan fingerprint density at radius 3 is 2.67 bits per heavy atom. The maximum atomic E-state index is 12.4. The summed E-state index contributed by atoms with van der Waals surface area (Å²) in [4.78, 5) is 14.5. The molecule has 0 fully saturated rings. The maximum Gasteiger partial charge on any atom is 0.320 e. The number of urea groups is 1. The number of nitrogens with one attached hydrogen (secondary N) is 2. The summed E-state index contributed by atoms with van der Waals surface area (Å²) >= 11 is 1.64. The Morgan fingerprint density at radius 2 is 1.94 bits per heavy atom. The lowest BCUT2D eigenvalue weighted by atomic mass is 9.93. The van der Waals surface area contributed by atoms with Gasteiger partial charge in [-0.25, -0.2) is 4.79 Å². The molecular formula is C24H28N6O2S. The molecule has 0 radical (unpaired) electrons. The third-order valence-corrected chi connectivity index (χ3v) is 6.14. The van der Waals surface area contributed by atoms with E-state index < -0.39 is 0 Å². The molecule has 0 aliphatic heterocycles. The molecule has 0 aliphatic rings. The van der Waals surface area contributed by atoms with E-state index in [2.05, 4.69) is 46.0 Å². The zero-order valence-corrected chi connectivity index (χ0v) is 20.2. The Bertz CT molecular complexity index is 1270. The van der Waals surface area contributed by atoms with E-state index in [0.29, 0.717) is 18.1 Å². The molecule has 2 amide bonds. The van der Waals surface area contributed by atoms with Crippen LogP contribution >= 0.6 is 11.8 Å². The first kappa shape index (κ1) is 22.8. The molecular weight excluding hydrogens is 436 g/mol. The molecule has 8 nitrogen and oxygen atoms in total. The third kappa shape index (κ3) is 5.36. The van der Waals surface area contributed by atoms with Crippen LogP contribution in [0.4, 0.5) is 10.6 Å². The molecule has 3 aromatic heterocycles. The molecule has 33 heavy (non-hydrogen) atoms. The minimum absolute atomic E-state index is 0.175. The molecule has 172 valence electrons. The van der Waals surface area contributed by atoms with Crippen LogP contribution in [0.15, 0.2) is 63.0 Å². The first-order valence-electron chi connectivity index (χ1n) is 10.8. The van der Waals surface area contributed by atoms with Crippen molar-refractivity contribution in [2.24, 2.45) is 0 Å². The fraction of sp³-hybridized carbons (Fsp3) is 0.333. The molecule has 4 aromatic rings. The molecule has 2 N–H and O–H groups in total. The number of hydrogen-bond acceptors (Lipinski definition) is 6. The van der Waals surface area contributed by atoms with Crippen LogP contribution in [0.1, 0.15) is 57.7 Å². The molecule has 0 aliphatic carbocycles. The summed E-state index contributed by atoms with van der Waals surface area (Å²) < 4.78 is 7.35. The second-order valence-corrected chi connectivity index (χ2v) is 10.3. The van der Waals surface area contributed by atoms with Crippen LogP contribution in [0.25, 0.3) is 5.65 Å². The predicted octanol–water partition coefficient (Wildman–Crippen LogP) is 5.61. The van der Waals surface area contributed by atoms with Crippen molar-refractivity contribution in [2.75, 3.05) is 5.32 Å². The van der Waals surface area contributed by atoms with Gasteiger partial charge in [-0.05, 0) is 23.8 Å². The zero-order valence-electron chi connectivity index (χ0n) is 19.4. The summed E-state index contributed by atoms with van der Waals surface area (Å²) in [5.74, 6) is 2.31. The Morgan fingerprint density at radius 1 is 1.15 bits per heavy atom. The second kappa shape index (κ2) is 9.27. The largest absolute Gasteiger partial charge is 0.359 e. The summed E-state index contributed by atoms with van der Waals surface area (Å²) in [7, 11) is 0. The van der Waals surface area contributed by atoms with Gasteiger partial charge in [0, 0.05) is 39.9 Å². The van der Waals surface area contributed by atoms with Crippen molar-refractivity contribution in [3.63, 3.8) is 0 Å². The zero-order chi connectivity index (χ0) is 23.6. The molecule has 3 heterocycles. The van der Waals surface area contributed by atoms with Gasteiger partial charge in [0.1, 0.15) is 11.6 Å². The number of carbonyl (C=O) groups excluding carboxylic acids is 1. The van der Waals surface area contributed by atoms with Crippen molar-refractivity contribution < 1.29 is 9.32 Å². The van der Waals surface area contributed by atoms with E-state index >= 15 is 0 Å². The number of pyridine rings is 1. The van der Waals surface area contributed by atoms with Gasteiger partial charge in [0.25, 0.3) is 0 Å². The van der Waals surface area contributed by atoms with Gasteiger partial charge in [0.05, 0.1) is 0 Å². The molecule has 0 unspecified atom stereocenters. The first-order valence-corrected chi connectivity index (χ1v) is 11.6. The van der Waals surface area contributed by atoms with Crippen LogP contribution in [-0.4, -0.2) is 25.8 Å². The normalized spacial score (nSPS) is 11.8. The van der Waals surface area contributed by atoms with Crippen LogP contribution < -0.4 is 10.6 Å². The van der Waals surface area contributed by atoms with E-state index in [-0.39, 0.29) is 17.4 Å². The van der Waals surface area contributed by atoms with Gasteiger partial charge < -0.3 is 9.84 Å². The fourth-order valence-corrected chi connectivity index (χ4v) is 4.21. The average Bonchev–Trinajstić information content (AvgIpc) is 3.40. The van der Waals surface area contributed by atoms with Crippen LogP contribution in [0, 0.1) is 0 Å². The lowest BCUT2D eigenvalue weighted by molar-refractivity contribution is 0.251. The van der Waals surface area contributed by atoms with Crippen molar-refractivity contribution in [3.05, 3.63) is 65.8 Å². The van der Waals surface area contributed by atoms with Gasteiger partial charge in [-0.15, -0.1) is 10.2 Å². The number of amides is 2. The summed E-state index contributed by atoms with van der Waals surface area (Å²) in [6.45, 7) is 10.7. The summed E-state index contributed by atoms with van der Waals surface area (Å²) in [5.41, 5.74) is 1.67. The number of aromatic nitrogens is 4. The highest BCUT2D eigenvalue weighted by molar-refractivity contribution is 7.99. The lowest BCUT2D eigenvalue weighted by Gasteiger charge is -2.12. The number of rotatable bonds is 6. The Kier molecular flexibility index (Phi) is 6.42. The quantitative estimate of drug-likeness (QED) is 0.385. The fourth-order valence-electron chi connectivity index (χ4n) is 3.24. The van der Waals surface area contributed by atoms with Gasteiger partial charge in [0.2, 0.25) is 0 Å². The van der Waals surface area contributed by atoms with Crippen LogP contribution in [0.2, 0.25) is 0 Å². The minimum atomic E-state index is -0.337. The maximum absolute atomic E-state index is 12.4. The summed E-state index contributed by atoms with van der Waals surface area (Å²) in [6, 6.07) is 13.4. The van der Waals surface area contributed by atoms with Crippen molar-refractivity contribution >= 4 is 29.3 Å². The summed E-state index contributed by atoms with van der Waals surface area (Å²) in [6.07, 6.45) is 2.06. The highest BCUT2D eigenvalue weighted by Crippen LogP contribution is 2.31. The van der Waals surface area contributed by atoms with Gasteiger partial charge in [-0.3, -0.25) is 9.72 Å². The number of benzene rings is 1. The van der Waals surface area contributed by atoms with Gasteiger partial charge in [0.15, 0.2) is 11.5 Å².